The maximum absolute atomic E-state index is 12.9. The number of amides is 1. The second-order valence-corrected chi connectivity index (χ2v) is 7.97. The highest BCUT2D eigenvalue weighted by atomic mass is 35.5. The molecule has 30 heavy (non-hydrogen) atoms. The number of anilines is 1. The van der Waals surface area contributed by atoms with Gasteiger partial charge in [-0.1, -0.05) is 59.2 Å². The Bertz CT molecular complexity index is 1090. The third kappa shape index (κ3) is 5.44. The fraction of sp³-hybridized carbons (Fsp3) is 0.150. The topological polar surface area (TPSA) is 54.9 Å². The first-order valence-electron chi connectivity index (χ1n) is 8.53. The van der Waals surface area contributed by atoms with Crippen LogP contribution in [0, 0.1) is 6.92 Å². The Morgan fingerprint density at radius 1 is 1.13 bits per heavy atom. The van der Waals surface area contributed by atoms with Gasteiger partial charge in [0.25, 0.3) is 5.91 Å². The zero-order chi connectivity index (χ0) is 21.9. The lowest BCUT2D eigenvalue weighted by Crippen LogP contribution is -2.16. The molecule has 0 aliphatic heterocycles. The number of nitrogens with one attached hydrogen (secondary N) is 1. The fourth-order valence-corrected chi connectivity index (χ4v) is 3.71. The van der Waals surface area contributed by atoms with E-state index in [0.717, 1.165) is 29.3 Å². The molecule has 0 aliphatic carbocycles. The molecule has 0 fully saturated rings. The van der Waals surface area contributed by atoms with E-state index in [-0.39, 0.29) is 21.4 Å². The fourth-order valence-electron chi connectivity index (χ4n) is 2.47. The summed E-state index contributed by atoms with van der Waals surface area (Å²) in [5.74, 6) is -0.212. The lowest BCUT2D eigenvalue weighted by atomic mass is 10.1. The van der Waals surface area contributed by atoms with E-state index < -0.39 is 17.6 Å². The van der Waals surface area contributed by atoms with E-state index in [2.05, 4.69) is 15.3 Å². The van der Waals surface area contributed by atoms with Gasteiger partial charge in [-0.2, -0.15) is 13.2 Å². The summed E-state index contributed by atoms with van der Waals surface area (Å²) < 4.78 is 38.8. The maximum Gasteiger partial charge on any atom is 0.416 e. The van der Waals surface area contributed by atoms with Crippen LogP contribution in [0.25, 0.3) is 0 Å². The number of halogens is 5. The minimum atomic E-state index is -4.57. The Balaban J connectivity index is 1.80. The molecular weight excluding hydrogens is 458 g/mol. The van der Waals surface area contributed by atoms with Gasteiger partial charge in [-0.05, 0) is 36.2 Å². The number of nitrogens with zero attached hydrogens (tertiary/aromatic N) is 2. The Labute approximate surface area is 184 Å². The average Bonchev–Trinajstić information content (AvgIpc) is 2.69. The summed E-state index contributed by atoms with van der Waals surface area (Å²) in [5, 5.41) is 2.57. The van der Waals surface area contributed by atoms with Crippen molar-refractivity contribution >= 4 is 46.6 Å². The van der Waals surface area contributed by atoms with Crippen molar-refractivity contribution < 1.29 is 18.0 Å². The van der Waals surface area contributed by atoms with Gasteiger partial charge in [-0.25, -0.2) is 9.97 Å². The van der Waals surface area contributed by atoms with Gasteiger partial charge in [0, 0.05) is 5.75 Å². The summed E-state index contributed by atoms with van der Waals surface area (Å²) in [4.78, 5) is 20.9. The number of carbonyl (C=O) groups excluding carboxylic acids is 1. The molecule has 0 radical (unpaired) electrons. The molecule has 0 spiro atoms. The zero-order valence-corrected chi connectivity index (χ0v) is 17.8. The molecule has 0 saturated carbocycles. The number of rotatable bonds is 5. The van der Waals surface area contributed by atoms with Crippen LogP contribution in [-0.2, 0) is 11.9 Å². The summed E-state index contributed by atoms with van der Waals surface area (Å²) in [6.45, 7) is 1.98. The van der Waals surface area contributed by atoms with E-state index in [4.69, 9.17) is 23.2 Å². The van der Waals surface area contributed by atoms with Gasteiger partial charge in [0.1, 0.15) is 0 Å². The highest BCUT2D eigenvalue weighted by molar-refractivity contribution is 7.98. The predicted molar refractivity (Wildman–Crippen MR) is 112 cm³/mol. The minimum Gasteiger partial charge on any atom is -0.319 e. The number of aryl methyl sites for hydroxylation is 1. The number of hydrogen-bond donors (Lipinski definition) is 1. The lowest BCUT2D eigenvalue weighted by molar-refractivity contribution is -0.137. The maximum atomic E-state index is 12.9. The molecule has 1 amide bonds. The first kappa shape index (κ1) is 22.4. The Morgan fingerprint density at radius 2 is 1.87 bits per heavy atom. The number of aromatic nitrogens is 2. The monoisotopic (exact) mass is 471 g/mol. The van der Waals surface area contributed by atoms with Crippen molar-refractivity contribution in [1.82, 2.24) is 9.97 Å². The van der Waals surface area contributed by atoms with E-state index in [1.54, 1.807) is 0 Å². The molecule has 156 valence electrons. The second-order valence-electron chi connectivity index (χ2n) is 6.21. The van der Waals surface area contributed by atoms with Crippen LogP contribution in [0.2, 0.25) is 10.0 Å². The van der Waals surface area contributed by atoms with E-state index in [9.17, 15) is 18.0 Å². The van der Waals surface area contributed by atoms with Gasteiger partial charge in [0.05, 0.1) is 27.5 Å². The molecule has 0 saturated heterocycles. The molecule has 3 rings (SSSR count). The van der Waals surface area contributed by atoms with Crippen LogP contribution in [0.3, 0.4) is 0 Å². The molecule has 0 unspecified atom stereocenters. The van der Waals surface area contributed by atoms with Crippen LogP contribution in [-0.4, -0.2) is 15.9 Å². The van der Waals surface area contributed by atoms with Gasteiger partial charge < -0.3 is 5.32 Å². The van der Waals surface area contributed by atoms with Crippen molar-refractivity contribution in [1.29, 1.82) is 0 Å². The van der Waals surface area contributed by atoms with Crippen LogP contribution in [0.15, 0.2) is 53.8 Å². The van der Waals surface area contributed by atoms with Crippen LogP contribution in [0.4, 0.5) is 18.9 Å². The summed E-state index contributed by atoms with van der Waals surface area (Å²) in [5.41, 5.74) is 0.900. The summed E-state index contributed by atoms with van der Waals surface area (Å²) in [6, 6.07) is 10.5. The quantitative estimate of drug-likeness (QED) is 0.334. The molecule has 3 aromatic rings. The van der Waals surface area contributed by atoms with Crippen LogP contribution in [0.1, 0.15) is 27.2 Å². The lowest BCUT2D eigenvalue weighted by Gasteiger charge is -2.12. The van der Waals surface area contributed by atoms with E-state index >= 15 is 0 Å². The summed E-state index contributed by atoms with van der Waals surface area (Å²) in [7, 11) is 0. The molecular formula is C20H14Cl2F3N3OS. The normalized spacial score (nSPS) is 11.4. The Hall–Kier alpha value is -2.29. The van der Waals surface area contributed by atoms with E-state index in [0.29, 0.717) is 10.9 Å². The van der Waals surface area contributed by atoms with Gasteiger partial charge >= 0.3 is 6.18 Å². The molecule has 10 heteroatoms. The van der Waals surface area contributed by atoms with Gasteiger partial charge in [-0.15, -0.1) is 0 Å². The molecule has 1 aromatic heterocycles. The zero-order valence-electron chi connectivity index (χ0n) is 15.4. The molecule has 1 N–H and O–H groups in total. The number of hydrogen-bond acceptors (Lipinski definition) is 4. The number of alkyl halides is 3. The summed E-state index contributed by atoms with van der Waals surface area (Å²) >= 11 is 13.3. The van der Waals surface area contributed by atoms with E-state index in [1.807, 2.05) is 31.2 Å². The van der Waals surface area contributed by atoms with Crippen molar-refractivity contribution in [2.24, 2.45) is 0 Å². The Morgan fingerprint density at radius 3 is 2.57 bits per heavy atom. The largest absolute Gasteiger partial charge is 0.416 e. The molecule has 0 atom stereocenters. The molecule has 0 bridgehead atoms. The van der Waals surface area contributed by atoms with Crippen molar-refractivity contribution in [3.05, 3.63) is 81.1 Å². The molecule has 2 aromatic carbocycles. The second kappa shape index (κ2) is 9.24. The molecule has 0 aliphatic rings. The number of carbonyl (C=O) groups is 1. The van der Waals surface area contributed by atoms with Crippen molar-refractivity contribution in [2.45, 2.75) is 24.0 Å². The number of benzene rings is 2. The number of thioether (sulfide) groups is 1. The highest BCUT2D eigenvalue weighted by Crippen LogP contribution is 2.34. The van der Waals surface area contributed by atoms with Gasteiger partial charge in [0.2, 0.25) is 0 Å². The molecule has 4 nitrogen and oxygen atoms in total. The van der Waals surface area contributed by atoms with E-state index in [1.165, 1.54) is 18.0 Å². The van der Waals surface area contributed by atoms with Crippen LogP contribution in [0.5, 0.6) is 0 Å². The standard InChI is InChI=1S/C20H14Cl2F3N3OS/c1-11-4-2-3-5-12(11)10-30-19-26-9-15(22)17(28-19)18(29)27-16-8-13(20(23,24)25)6-7-14(16)21/h2-9H,10H2,1H3,(H,27,29). The third-order valence-electron chi connectivity index (χ3n) is 4.10. The van der Waals surface area contributed by atoms with Crippen molar-refractivity contribution in [3.63, 3.8) is 0 Å². The first-order chi connectivity index (χ1) is 14.1. The van der Waals surface area contributed by atoms with Crippen LogP contribution < -0.4 is 5.32 Å². The summed E-state index contributed by atoms with van der Waals surface area (Å²) in [6.07, 6.45) is -3.30. The van der Waals surface area contributed by atoms with Crippen LogP contribution >= 0.6 is 35.0 Å². The average molecular weight is 472 g/mol. The predicted octanol–water partition coefficient (Wildman–Crippen LogP) is 6.66. The third-order valence-corrected chi connectivity index (χ3v) is 5.61. The SMILES string of the molecule is Cc1ccccc1CSc1ncc(Cl)c(C(=O)Nc2cc(C(F)(F)F)ccc2Cl)n1. The van der Waals surface area contributed by atoms with Crippen molar-refractivity contribution in [2.75, 3.05) is 5.32 Å². The Kier molecular flexibility index (Phi) is 6.90. The van der Waals surface area contributed by atoms with Gasteiger partial charge in [0.15, 0.2) is 10.9 Å². The van der Waals surface area contributed by atoms with Gasteiger partial charge in [-0.3, -0.25) is 4.79 Å². The minimum absolute atomic E-state index is 0.0316. The highest BCUT2D eigenvalue weighted by Gasteiger charge is 2.31. The molecule has 1 heterocycles. The first-order valence-corrected chi connectivity index (χ1v) is 10.3. The smallest absolute Gasteiger partial charge is 0.319 e. The van der Waals surface area contributed by atoms with Crippen molar-refractivity contribution in [3.8, 4) is 0 Å².